The van der Waals surface area contributed by atoms with Crippen LogP contribution in [0.1, 0.15) is 28.3 Å². The van der Waals surface area contributed by atoms with E-state index in [9.17, 15) is 0 Å². The van der Waals surface area contributed by atoms with Crippen LogP contribution in [-0.4, -0.2) is 42.0 Å². The number of hydrogen-bond donors (Lipinski definition) is 2. The van der Waals surface area contributed by atoms with E-state index in [-0.39, 0.29) is 0 Å². The molecule has 0 atom stereocenters. The molecule has 1 aliphatic heterocycles. The molecule has 1 aromatic heterocycles. The number of hydrogen-bond acceptors (Lipinski definition) is 4. The van der Waals surface area contributed by atoms with Gasteiger partial charge in [0.2, 0.25) is 0 Å². The van der Waals surface area contributed by atoms with Gasteiger partial charge in [-0.2, -0.15) is 0 Å². The molecule has 3 rings (SSSR count). The quantitative estimate of drug-likeness (QED) is 0.556. The minimum atomic E-state index is 0.473. The van der Waals surface area contributed by atoms with Gasteiger partial charge >= 0.3 is 0 Å². The van der Waals surface area contributed by atoms with Gasteiger partial charge in [0.15, 0.2) is 5.96 Å². The van der Waals surface area contributed by atoms with Crippen molar-refractivity contribution in [2.45, 2.75) is 38.9 Å². The smallest absolute Gasteiger partial charge is 0.191 e. The Morgan fingerprint density at radius 2 is 2.04 bits per heavy atom. The molecule has 1 aromatic carbocycles. The molecule has 0 radical (unpaired) electrons. The number of nitrogens with one attached hydrogen (secondary N) is 2. The molecule has 0 amide bonds. The van der Waals surface area contributed by atoms with Crippen molar-refractivity contribution in [3.8, 4) is 0 Å². The summed E-state index contributed by atoms with van der Waals surface area (Å²) in [4.78, 5) is 12.5. The second-order valence-electron chi connectivity index (χ2n) is 6.61. The number of aryl methyl sites for hydroxylation is 1. The van der Waals surface area contributed by atoms with Gasteiger partial charge in [0.1, 0.15) is 5.01 Å². The molecule has 2 N–H and O–H groups in total. The second-order valence-corrected chi connectivity index (χ2v) is 8.85. The summed E-state index contributed by atoms with van der Waals surface area (Å²) in [6.07, 6.45) is 4.18. The molecule has 2 heterocycles. The zero-order chi connectivity index (χ0) is 18.4. The van der Waals surface area contributed by atoms with E-state index in [1.54, 1.807) is 11.3 Å². The van der Waals surface area contributed by atoms with Crippen LogP contribution in [-0.2, 0) is 13.1 Å². The topological polar surface area (TPSA) is 52.6 Å². The van der Waals surface area contributed by atoms with Crippen molar-refractivity contribution in [1.29, 1.82) is 0 Å². The molecule has 7 heteroatoms. The van der Waals surface area contributed by atoms with Crippen LogP contribution in [0.5, 0.6) is 0 Å². The van der Waals surface area contributed by atoms with Gasteiger partial charge < -0.3 is 10.6 Å². The lowest BCUT2D eigenvalue weighted by molar-refractivity contribution is 0.198. The summed E-state index contributed by atoms with van der Waals surface area (Å²) in [6.45, 7) is 6.04. The Labute approximate surface area is 168 Å². The van der Waals surface area contributed by atoms with E-state index in [0.717, 1.165) is 54.5 Å². The molecule has 0 spiro atoms. The van der Waals surface area contributed by atoms with Gasteiger partial charge in [-0.3, -0.25) is 9.89 Å². The molecule has 1 fully saturated rings. The first-order chi connectivity index (χ1) is 12.6. The lowest BCUT2D eigenvalue weighted by Crippen LogP contribution is -2.48. The number of thiazole rings is 1. The number of benzene rings is 1. The Balaban J connectivity index is 1.41. The number of piperidine rings is 1. The Morgan fingerprint density at radius 3 is 2.65 bits per heavy atom. The zero-order valence-electron chi connectivity index (χ0n) is 15.3. The molecule has 26 heavy (non-hydrogen) atoms. The van der Waals surface area contributed by atoms with E-state index in [1.165, 1.54) is 10.4 Å². The second kappa shape index (κ2) is 9.48. The van der Waals surface area contributed by atoms with Gasteiger partial charge in [-0.15, -0.1) is 11.3 Å². The summed E-state index contributed by atoms with van der Waals surface area (Å²) in [6, 6.07) is 9.09. The van der Waals surface area contributed by atoms with E-state index >= 15 is 0 Å². The van der Waals surface area contributed by atoms with Crippen LogP contribution in [0.25, 0.3) is 0 Å². The first-order valence-corrected chi connectivity index (χ1v) is 10.6. The predicted molar refractivity (Wildman–Crippen MR) is 113 cm³/mol. The molecular formula is C19H26BrN5S. The highest BCUT2D eigenvalue weighted by molar-refractivity contribution is 9.10. The molecule has 5 nitrogen and oxygen atoms in total. The van der Waals surface area contributed by atoms with E-state index < -0.39 is 0 Å². The minimum Gasteiger partial charge on any atom is -0.354 e. The van der Waals surface area contributed by atoms with Crippen molar-refractivity contribution in [3.63, 3.8) is 0 Å². The van der Waals surface area contributed by atoms with Crippen molar-refractivity contribution in [1.82, 2.24) is 20.5 Å². The maximum absolute atomic E-state index is 4.39. The van der Waals surface area contributed by atoms with Gasteiger partial charge in [0.25, 0.3) is 0 Å². The SMILES string of the molecule is CN=C(NCc1ncc(C)s1)NC1CCN(Cc2ccc(Br)cc2)CC1. The summed E-state index contributed by atoms with van der Waals surface area (Å²) in [5.41, 5.74) is 1.37. The summed E-state index contributed by atoms with van der Waals surface area (Å²) < 4.78 is 1.14. The fourth-order valence-electron chi connectivity index (χ4n) is 3.11. The Hall–Kier alpha value is -1.44. The fraction of sp³-hybridized carbons (Fsp3) is 0.474. The normalized spacial score (nSPS) is 16.7. The van der Waals surface area contributed by atoms with Crippen LogP contribution < -0.4 is 10.6 Å². The Kier molecular flexibility index (Phi) is 7.05. The fourth-order valence-corrected chi connectivity index (χ4v) is 4.11. The van der Waals surface area contributed by atoms with E-state index in [2.05, 4.69) is 72.6 Å². The number of guanidine groups is 1. The largest absolute Gasteiger partial charge is 0.354 e. The molecule has 0 unspecified atom stereocenters. The van der Waals surface area contributed by atoms with Crippen LogP contribution >= 0.6 is 27.3 Å². The van der Waals surface area contributed by atoms with Gasteiger partial charge in [-0.1, -0.05) is 28.1 Å². The number of halogens is 1. The van der Waals surface area contributed by atoms with Gasteiger partial charge in [-0.05, 0) is 37.5 Å². The van der Waals surface area contributed by atoms with Gasteiger partial charge in [0.05, 0.1) is 6.54 Å². The molecule has 0 aliphatic carbocycles. The van der Waals surface area contributed by atoms with Gasteiger partial charge in [-0.25, -0.2) is 4.98 Å². The molecular weight excluding hydrogens is 410 g/mol. The van der Waals surface area contributed by atoms with E-state index in [4.69, 9.17) is 0 Å². The molecule has 0 bridgehead atoms. The van der Waals surface area contributed by atoms with Crippen LogP contribution in [0.4, 0.5) is 0 Å². The first-order valence-electron chi connectivity index (χ1n) is 8.97. The maximum Gasteiger partial charge on any atom is 0.191 e. The third-order valence-electron chi connectivity index (χ3n) is 4.55. The van der Waals surface area contributed by atoms with Crippen molar-refractivity contribution in [2.24, 2.45) is 4.99 Å². The summed E-state index contributed by atoms with van der Waals surface area (Å²) in [5.74, 6) is 0.865. The van der Waals surface area contributed by atoms with Crippen LogP contribution in [0.3, 0.4) is 0 Å². The van der Waals surface area contributed by atoms with Crippen LogP contribution in [0.15, 0.2) is 39.9 Å². The summed E-state index contributed by atoms with van der Waals surface area (Å²) in [7, 11) is 1.82. The van der Waals surface area contributed by atoms with E-state index in [0.29, 0.717) is 6.04 Å². The average Bonchev–Trinajstić information content (AvgIpc) is 3.07. The average molecular weight is 436 g/mol. The lowest BCUT2D eigenvalue weighted by Gasteiger charge is -2.33. The highest BCUT2D eigenvalue weighted by Gasteiger charge is 2.20. The zero-order valence-corrected chi connectivity index (χ0v) is 17.7. The van der Waals surface area contributed by atoms with Crippen molar-refractivity contribution in [3.05, 3.63) is 50.4 Å². The van der Waals surface area contributed by atoms with E-state index in [1.807, 2.05) is 13.2 Å². The monoisotopic (exact) mass is 435 g/mol. The highest BCUT2D eigenvalue weighted by Crippen LogP contribution is 2.16. The van der Waals surface area contributed by atoms with Crippen LogP contribution in [0, 0.1) is 6.92 Å². The number of aromatic nitrogens is 1. The van der Waals surface area contributed by atoms with Crippen molar-refractivity contribution < 1.29 is 0 Å². The number of likely N-dealkylation sites (tertiary alicyclic amines) is 1. The number of nitrogens with zero attached hydrogens (tertiary/aromatic N) is 3. The minimum absolute atomic E-state index is 0.473. The van der Waals surface area contributed by atoms with Crippen molar-refractivity contribution in [2.75, 3.05) is 20.1 Å². The molecule has 140 valence electrons. The van der Waals surface area contributed by atoms with Crippen molar-refractivity contribution >= 4 is 33.2 Å². The first kappa shape index (κ1) is 19.3. The lowest BCUT2D eigenvalue weighted by atomic mass is 10.0. The summed E-state index contributed by atoms with van der Waals surface area (Å²) in [5, 5.41) is 8.02. The predicted octanol–water partition coefficient (Wildman–Crippen LogP) is 3.54. The molecule has 2 aromatic rings. The summed E-state index contributed by atoms with van der Waals surface area (Å²) >= 11 is 5.22. The third kappa shape index (κ3) is 5.79. The van der Waals surface area contributed by atoms with Gasteiger partial charge in [0, 0.05) is 48.3 Å². The highest BCUT2D eigenvalue weighted by atomic mass is 79.9. The molecule has 0 saturated carbocycles. The Bertz CT molecular complexity index is 720. The third-order valence-corrected chi connectivity index (χ3v) is 5.99. The number of aliphatic imine (C=N–C) groups is 1. The van der Waals surface area contributed by atoms with Crippen LogP contribution in [0.2, 0.25) is 0 Å². The maximum atomic E-state index is 4.39. The number of rotatable bonds is 5. The molecule has 1 aliphatic rings. The molecule has 1 saturated heterocycles. The Morgan fingerprint density at radius 1 is 1.31 bits per heavy atom. The standard InChI is InChI=1S/C19H26BrN5S/c1-14-11-22-18(26-14)12-23-19(21-2)24-17-7-9-25(10-8-17)13-15-3-5-16(20)6-4-15/h3-6,11,17H,7-10,12-13H2,1-2H3,(H2,21,23,24).